The molecular formula is C18H18N4O5S. The van der Waals surface area contributed by atoms with Crippen molar-refractivity contribution in [3.05, 3.63) is 46.8 Å². The summed E-state index contributed by atoms with van der Waals surface area (Å²) in [5.41, 5.74) is 10.4. The molecule has 3 rings (SSSR count). The molecule has 0 saturated carbocycles. The van der Waals surface area contributed by atoms with Gasteiger partial charge in [0, 0.05) is 21.4 Å². The molecular weight excluding hydrogens is 384 g/mol. The van der Waals surface area contributed by atoms with Crippen LogP contribution in [0.25, 0.3) is 32.4 Å². The van der Waals surface area contributed by atoms with E-state index in [1.807, 2.05) is 0 Å². The van der Waals surface area contributed by atoms with Crippen molar-refractivity contribution in [2.24, 2.45) is 11.0 Å². The van der Waals surface area contributed by atoms with Gasteiger partial charge in [-0.3, -0.25) is 8.86 Å². The number of azide groups is 1. The van der Waals surface area contributed by atoms with E-state index >= 15 is 0 Å². The van der Waals surface area contributed by atoms with Crippen LogP contribution in [0.1, 0.15) is 13.8 Å². The second-order valence-electron chi connectivity index (χ2n) is 6.42. The predicted molar refractivity (Wildman–Crippen MR) is 106 cm³/mol. The Bertz CT molecular complexity index is 1120. The zero-order valence-corrected chi connectivity index (χ0v) is 16.2. The van der Waals surface area contributed by atoms with Gasteiger partial charge < -0.3 is 9.15 Å². The Morgan fingerprint density at radius 1 is 1.25 bits per heavy atom. The van der Waals surface area contributed by atoms with Crippen molar-refractivity contribution >= 4 is 50.5 Å². The highest BCUT2D eigenvalue weighted by molar-refractivity contribution is 7.80. The standard InChI is InChI=1S/C18H18N4O5S/c1-10(2)17(18(23)26-3)22(28(24)25)12-5-7-15-14(9-12)13-6-4-11(20-21-19)8-16(13)27-15/h4-10,17H,1-3H3,(H,24,25). The first-order chi connectivity index (χ1) is 13.4. The first-order valence-corrected chi connectivity index (χ1v) is 9.43. The number of carbonyl (C=O) groups excluding carboxylic acids is 1. The smallest absolute Gasteiger partial charge is 0.329 e. The fourth-order valence-corrected chi connectivity index (χ4v) is 3.93. The maximum Gasteiger partial charge on any atom is 0.329 e. The number of carbonyl (C=O) groups is 1. The van der Waals surface area contributed by atoms with Gasteiger partial charge in [-0.2, -0.15) is 0 Å². The average molecular weight is 402 g/mol. The van der Waals surface area contributed by atoms with E-state index in [0.717, 1.165) is 9.69 Å². The van der Waals surface area contributed by atoms with E-state index in [2.05, 4.69) is 10.0 Å². The summed E-state index contributed by atoms with van der Waals surface area (Å²) < 4.78 is 33.7. The lowest BCUT2D eigenvalue weighted by atomic mass is 10.0. The molecule has 0 radical (unpaired) electrons. The van der Waals surface area contributed by atoms with Gasteiger partial charge in [0.1, 0.15) is 17.2 Å². The van der Waals surface area contributed by atoms with E-state index in [9.17, 15) is 13.6 Å². The molecule has 0 saturated heterocycles. The minimum absolute atomic E-state index is 0.272. The zero-order valence-electron chi connectivity index (χ0n) is 15.4. The van der Waals surface area contributed by atoms with Crippen LogP contribution in [0.3, 0.4) is 0 Å². The fourth-order valence-electron chi connectivity index (χ4n) is 3.11. The molecule has 0 bridgehead atoms. The van der Waals surface area contributed by atoms with Crippen molar-refractivity contribution in [1.29, 1.82) is 0 Å². The summed E-state index contributed by atoms with van der Waals surface area (Å²) in [7, 11) is 1.24. The van der Waals surface area contributed by atoms with Gasteiger partial charge in [-0.1, -0.05) is 31.1 Å². The van der Waals surface area contributed by atoms with Gasteiger partial charge in [-0.05, 0) is 35.7 Å². The molecule has 2 unspecified atom stereocenters. The SMILES string of the molecule is COC(=O)C(C(C)C)N(c1ccc2oc3cc(N=[N+]=[N-])ccc3c2c1)S(=O)O. The van der Waals surface area contributed by atoms with Gasteiger partial charge in [0.25, 0.3) is 11.3 Å². The van der Waals surface area contributed by atoms with Crippen molar-refractivity contribution in [3.8, 4) is 0 Å². The number of esters is 1. The fraction of sp³-hybridized carbons (Fsp3) is 0.278. The second-order valence-corrected chi connectivity index (χ2v) is 7.28. The Morgan fingerprint density at radius 3 is 2.61 bits per heavy atom. The molecule has 0 fully saturated rings. The van der Waals surface area contributed by atoms with Crippen LogP contribution in [-0.2, 0) is 20.8 Å². The molecule has 2 aromatic carbocycles. The number of ether oxygens (including phenoxy) is 1. The molecule has 146 valence electrons. The number of fused-ring (bicyclic) bond motifs is 3. The number of methoxy groups -OCH3 is 1. The van der Waals surface area contributed by atoms with Crippen LogP contribution in [0, 0.1) is 5.92 Å². The minimum atomic E-state index is -2.45. The average Bonchev–Trinajstić information content (AvgIpc) is 3.02. The van der Waals surface area contributed by atoms with Crippen LogP contribution in [-0.4, -0.2) is 27.9 Å². The summed E-state index contributed by atoms with van der Waals surface area (Å²) in [5.74, 6) is -0.875. The van der Waals surface area contributed by atoms with E-state index in [0.29, 0.717) is 27.9 Å². The first kappa shape index (κ1) is 19.7. The van der Waals surface area contributed by atoms with Crippen LogP contribution < -0.4 is 4.31 Å². The van der Waals surface area contributed by atoms with Crippen LogP contribution in [0.2, 0.25) is 0 Å². The number of anilines is 1. The van der Waals surface area contributed by atoms with Crippen molar-refractivity contribution in [1.82, 2.24) is 0 Å². The molecule has 0 spiro atoms. The maximum absolute atomic E-state index is 12.2. The van der Waals surface area contributed by atoms with Gasteiger partial charge >= 0.3 is 5.97 Å². The molecule has 2 atom stereocenters. The summed E-state index contributed by atoms with van der Waals surface area (Å²) in [6, 6.07) is 9.01. The summed E-state index contributed by atoms with van der Waals surface area (Å²) in [4.78, 5) is 15.0. The topological polar surface area (TPSA) is 129 Å². The van der Waals surface area contributed by atoms with Gasteiger partial charge in [-0.25, -0.2) is 9.00 Å². The summed E-state index contributed by atoms with van der Waals surface area (Å²) in [6.45, 7) is 3.54. The van der Waals surface area contributed by atoms with E-state index < -0.39 is 23.3 Å². The molecule has 1 aromatic heterocycles. The first-order valence-electron chi connectivity index (χ1n) is 8.36. The van der Waals surface area contributed by atoms with Crippen molar-refractivity contribution in [3.63, 3.8) is 0 Å². The van der Waals surface area contributed by atoms with Gasteiger partial charge in [0.15, 0.2) is 0 Å². The molecule has 0 aliphatic heterocycles. The molecule has 3 aromatic rings. The normalized spacial score (nSPS) is 13.3. The van der Waals surface area contributed by atoms with E-state index in [4.69, 9.17) is 14.7 Å². The monoisotopic (exact) mass is 402 g/mol. The third kappa shape index (κ3) is 3.53. The summed E-state index contributed by atoms with van der Waals surface area (Å²) in [5, 5.41) is 5.00. The summed E-state index contributed by atoms with van der Waals surface area (Å²) in [6.07, 6.45) is 0. The Hall–Kier alpha value is -3.07. The van der Waals surface area contributed by atoms with Gasteiger partial charge in [-0.15, -0.1) is 0 Å². The number of hydrogen-bond acceptors (Lipinski definition) is 5. The number of furan rings is 1. The third-order valence-electron chi connectivity index (χ3n) is 4.35. The van der Waals surface area contributed by atoms with Gasteiger partial charge in [0.2, 0.25) is 0 Å². The highest BCUT2D eigenvalue weighted by Gasteiger charge is 2.34. The van der Waals surface area contributed by atoms with E-state index in [1.54, 1.807) is 50.2 Å². The number of hydrogen-bond donors (Lipinski definition) is 1. The maximum atomic E-state index is 12.2. The molecule has 0 aliphatic rings. The Labute approximate surface area is 162 Å². The highest BCUT2D eigenvalue weighted by atomic mass is 32.2. The summed E-state index contributed by atoms with van der Waals surface area (Å²) >= 11 is -2.45. The van der Waals surface area contributed by atoms with Crippen LogP contribution in [0.5, 0.6) is 0 Å². The zero-order chi connectivity index (χ0) is 20.4. The van der Waals surface area contributed by atoms with Gasteiger partial charge in [0.05, 0.1) is 12.8 Å². The van der Waals surface area contributed by atoms with Crippen molar-refractivity contribution in [2.45, 2.75) is 19.9 Å². The predicted octanol–water partition coefficient (Wildman–Crippen LogP) is 4.67. The minimum Gasteiger partial charge on any atom is -0.467 e. The van der Waals surface area contributed by atoms with Crippen LogP contribution >= 0.6 is 0 Å². The van der Waals surface area contributed by atoms with E-state index in [-0.39, 0.29) is 5.92 Å². The largest absolute Gasteiger partial charge is 0.467 e. The molecule has 0 amide bonds. The second kappa shape index (κ2) is 7.89. The number of nitrogens with zero attached hydrogens (tertiary/aromatic N) is 4. The Morgan fingerprint density at radius 2 is 2.00 bits per heavy atom. The molecule has 0 aliphatic carbocycles. The lowest BCUT2D eigenvalue weighted by molar-refractivity contribution is -0.142. The van der Waals surface area contributed by atoms with Crippen molar-refractivity contribution in [2.75, 3.05) is 11.4 Å². The Kier molecular flexibility index (Phi) is 5.55. The molecule has 28 heavy (non-hydrogen) atoms. The van der Waals surface area contributed by atoms with Crippen molar-refractivity contribution < 1.29 is 22.7 Å². The quantitative estimate of drug-likeness (QED) is 0.211. The Balaban J connectivity index is 2.17. The molecule has 9 nitrogen and oxygen atoms in total. The molecule has 1 heterocycles. The van der Waals surface area contributed by atoms with E-state index in [1.165, 1.54) is 7.11 Å². The number of benzene rings is 2. The van der Waals surface area contributed by atoms with Crippen LogP contribution in [0.15, 0.2) is 45.9 Å². The van der Waals surface area contributed by atoms with Crippen LogP contribution in [0.4, 0.5) is 11.4 Å². The molecule has 10 heteroatoms. The highest BCUT2D eigenvalue weighted by Crippen LogP contribution is 2.35. The third-order valence-corrected chi connectivity index (χ3v) is 5.12. The number of rotatable bonds is 6. The lowest BCUT2D eigenvalue weighted by Crippen LogP contribution is -2.46. The lowest BCUT2D eigenvalue weighted by Gasteiger charge is -2.30. The molecule has 1 N–H and O–H groups in total.